The van der Waals surface area contributed by atoms with Crippen molar-refractivity contribution in [3.63, 3.8) is 0 Å². The van der Waals surface area contributed by atoms with Crippen LogP contribution in [0.25, 0.3) is 0 Å². The van der Waals surface area contributed by atoms with E-state index in [0.717, 1.165) is 16.9 Å². The molecule has 0 aliphatic rings. The maximum absolute atomic E-state index is 13.3. The van der Waals surface area contributed by atoms with Crippen molar-refractivity contribution in [3.8, 4) is 5.75 Å². The van der Waals surface area contributed by atoms with Crippen LogP contribution in [0.3, 0.4) is 0 Å². The molecular formula is C17H20FNO2. The Morgan fingerprint density at radius 3 is 2.43 bits per heavy atom. The Hall–Kier alpha value is -1.91. The molecule has 2 aromatic carbocycles. The first-order valence-corrected chi connectivity index (χ1v) is 6.85. The van der Waals surface area contributed by atoms with E-state index in [2.05, 4.69) is 0 Å². The normalized spacial score (nSPS) is 13.7. The van der Waals surface area contributed by atoms with Crippen LogP contribution in [0.4, 0.5) is 4.39 Å². The molecule has 0 heterocycles. The summed E-state index contributed by atoms with van der Waals surface area (Å²) in [6.45, 7) is 2.26. The molecule has 2 aromatic rings. The molecule has 2 unspecified atom stereocenters. The fraction of sp³-hybridized carbons (Fsp3) is 0.294. The summed E-state index contributed by atoms with van der Waals surface area (Å²) in [5.41, 5.74) is 7.72. The molecular weight excluding hydrogens is 269 g/mol. The molecule has 21 heavy (non-hydrogen) atoms. The fourth-order valence-corrected chi connectivity index (χ4v) is 2.14. The van der Waals surface area contributed by atoms with Crippen LogP contribution in [-0.2, 0) is 11.3 Å². The smallest absolute Gasteiger partial charge is 0.123 e. The Kier molecular flexibility index (Phi) is 5.31. The van der Waals surface area contributed by atoms with E-state index in [1.54, 1.807) is 13.2 Å². The number of nitrogens with two attached hydrogens (primary N) is 1. The zero-order valence-corrected chi connectivity index (χ0v) is 12.3. The molecule has 0 aliphatic carbocycles. The summed E-state index contributed by atoms with van der Waals surface area (Å²) < 4.78 is 24.3. The molecule has 0 amide bonds. The third-order valence-electron chi connectivity index (χ3n) is 3.24. The van der Waals surface area contributed by atoms with Gasteiger partial charge < -0.3 is 15.2 Å². The second-order valence-electron chi connectivity index (χ2n) is 4.99. The molecule has 3 nitrogen and oxygen atoms in total. The second-order valence-corrected chi connectivity index (χ2v) is 4.99. The number of hydrogen-bond donors (Lipinski definition) is 1. The molecule has 0 aliphatic heterocycles. The van der Waals surface area contributed by atoms with Crippen LogP contribution in [0.15, 0.2) is 48.5 Å². The molecule has 2 atom stereocenters. The van der Waals surface area contributed by atoms with Crippen LogP contribution >= 0.6 is 0 Å². The highest BCUT2D eigenvalue weighted by Crippen LogP contribution is 2.23. The van der Waals surface area contributed by atoms with Crippen molar-refractivity contribution >= 4 is 0 Å². The minimum absolute atomic E-state index is 0.231. The van der Waals surface area contributed by atoms with Crippen LogP contribution in [0.5, 0.6) is 5.75 Å². The largest absolute Gasteiger partial charge is 0.497 e. The SMILES string of the molecule is COc1ccc(COC(c2cccc(F)c2)C(C)N)cc1. The summed E-state index contributed by atoms with van der Waals surface area (Å²) in [6, 6.07) is 13.7. The summed E-state index contributed by atoms with van der Waals surface area (Å²) in [7, 11) is 1.63. The van der Waals surface area contributed by atoms with E-state index < -0.39 is 0 Å². The Morgan fingerprint density at radius 1 is 1.14 bits per heavy atom. The first-order valence-electron chi connectivity index (χ1n) is 6.85. The van der Waals surface area contributed by atoms with E-state index >= 15 is 0 Å². The zero-order valence-electron chi connectivity index (χ0n) is 12.3. The lowest BCUT2D eigenvalue weighted by Crippen LogP contribution is -2.27. The lowest BCUT2D eigenvalue weighted by Gasteiger charge is -2.22. The molecule has 4 heteroatoms. The number of methoxy groups -OCH3 is 1. The summed E-state index contributed by atoms with van der Waals surface area (Å²) in [5.74, 6) is 0.513. The van der Waals surface area contributed by atoms with Crippen molar-refractivity contribution in [2.24, 2.45) is 5.73 Å². The van der Waals surface area contributed by atoms with E-state index in [0.29, 0.717) is 6.61 Å². The van der Waals surface area contributed by atoms with Gasteiger partial charge in [-0.3, -0.25) is 0 Å². The van der Waals surface area contributed by atoms with Gasteiger partial charge in [0.15, 0.2) is 0 Å². The van der Waals surface area contributed by atoms with Gasteiger partial charge in [0.25, 0.3) is 0 Å². The van der Waals surface area contributed by atoms with Gasteiger partial charge in [0.1, 0.15) is 11.6 Å². The molecule has 0 radical (unpaired) electrons. The second kappa shape index (κ2) is 7.20. The molecule has 0 saturated carbocycles. The predicted molar refractivity (Wildman–Crippen MR) is 80.6 cm³/mol. The van der Waals surface area contributed by atoms with Crippen molar-refractivity contribution in [2.45, 2.75) is 25.7 Å². The maximum atomic E-state index is 13.3. The van der Waals surface area contributed by atoms with Gasteiger partial charge in [-0.15, -0.1) is 0 Å². The highest BCUT2D eigenvalue weighted by molar-refractivity contribution is 5.27. The van der Waals surface area contributed by atoms with Crippen molar-refractivity contribution in [3.05, 3.63) is 65.5 Å². The minimum Gasteiger partial charge on any atom is -0.497 e. The predicted octanol–water partition coefficient (Wildman–Crippen LogP) is 3.44. The number of hydrogen-bond acceptors (Lipinski definition) is 3. The first-order chi connectivity index (χ1) is 10.1. The Bertz CT molecular complexity index is 569. The fourth-order valence-electron chi connectivity index (χ4n) is 2.14. The highest BCUT2D eigenvalue weighted by Gasteiger charge is 2.17. The van der Waals surface area contributed by atoms with Gasteiger partial charge in [-0.1, -0.05) is 24.3 Å². The monoisotopic (exact) mass is 289 g/mol. The van der Waals surface area contributed by atoms with Gasteiger partial charge in [0, 0.05) is 6.04 Å². The van der Waals surface area contributed by atoms with E-state index in [1.807, 2.05) is 37.3 Å². The van der Waals surface area contributed by atoms with E-state index in [-0.39, 0.29) is 18.0 Å². The standard InChI is InChI=1S/C17H20FNO2/c1-12(19)17(14-4-3-5-15(18)10-14)21-11-13-6-8-16(20-2)9-7-13/h3-10,12,17H,11,19H2,1-2H3. The van der Waals surface area contributed by atoms with E-state index in [1.165, 1.54) is 12.1 Å². The number of halogens is 1. The van der Waals surface area contributed by atoms with Gasteiger partial charge in [0.05, 0.1) is 19.8 Å². The molecule has 0 bridgehead atoms. The average Bonchev–Trinajstić information content (AvgIpc) is 2.48. The molecule has 112 valence electrons. The van der Waals surface area contributed by atoms with Gasteiger partial charge in [-0.25, -0.2) is 4.39 Å². The molecule has 0 spiro atoms. The molecule has 2 N–H and O–H groups in total. The van der Waals surface area contributed by atoms with E-state index in [4.69, 9.17) is 15.2 Å². The number of benzene rings is 2. The summed E-state index contributed by atoms with van der Waals surface area (Å²) in [4.78, 5) is 0. The minimum atomic E-state index is -0.345. The van der Waals surface area contributed by atoms with Crippen LogP contribution in [0, 0.1) is 5.82 Å². The molecule has 2 rings (SSSR count). The molecule has 0 saturated heterocycles. The van der Waals surface area contributed by atoms with Crippen LogP contribution in [0.1, 0.15) is 24.2 Å². The van der Waals surface area contributed by atoms with Crippen molar-refractivity contribution in [1.82, 2.24) is 0 Å². The van der Waals surface area contributed by atoms with Crippen LogP contribution in [0.2, 0.25) is 0 Å². The third kappa shape index (κ3) is 4.28. The van der Waals surface area contributed by atoms with E-state index in [9.17, 15) is 4.39 Å². The summed E-state index contributed by atoms with van der Waals surface area (Å²) in [5, 5.41) is 0. The van der Waals surface area contributed by atoms with Crippen molar-refractivity contribution in [2.75, 3.05) is 7.11 Å². The Balaban J connectivity index is 2.06. The highest BCUT2D eigenvalue weighted by atomic mass is 19.1. The third-order valence-corrected chi connectivity index (χ3v) is 3.24. The quantitative estimate of drug-likeness (QED) is 0.886. The summed E-state index contributed by atoms with van der Waals surface area (Å²) in [6.07, 6.45) is -0.345. The Morgan fingerprint density at radius 2 is 1.86 bits per heavy atom. The Labute approximate surface area is 124 Å². The van der Waals surface area contributed by atoms with Gasteiger partial charge in [-0.05, 0) is 42.3 Å². The summed E-state index contributed by atoms with van der Waals surface area (Å²) >= 11 is 0. The maximum Gasteiger partial charge on any atom is 0.123 e. The lowest BCUT2D eigenvalue weighted by molar-refractivity contribution is 0.0257. The first kappa shape index (κ1) is 15.5. The van der Waals surface area contributed by atoms with Crippen LogP contribution < -0.4 is 10.5 Å². The van der Waals surface area contributed by atoms with Gasteiger partial charge >= 0.3 is 0 Å². The van der Waals surface area contributed by atoms with Crippen molar-refractivity contribution in [1.29, 1.82) is 0 Å². The van der Waals surface area contributed by atoms with Gasteiger partial charge in [-0.2, -0.15) is 0 Å². The van der Waals surface area contributed by atoms with Crippen LogP contribution in [-0.4, -0.2) is 13.2 Å². The topological polar surface area (TPSA) is 44.5 Å². The van der Waals surface area contributed by atoms with Crippen molar-refractivity contribution < 1.29 is 13.9 Å². The lowest BCUT2D eigenvalue weighted by atomic mass is 10.0. The number of rotatable bonds is 6. The zero-order chi connectivity index (χ0) is 15.2. The molecule has 0 fully saturated rings. The number of ether oxygens (including phenoxy) is 2. The molecule has 0 aromatic heterocycles. The average molecular weight is 289 g/mol. The van der Waals surface area contributed by atoms with Gasteiger partial charge in [0.2, 0.25) is 0 Å².